The number of nitrogens with zero attached hydrogens (tertiary/aromatic N) is 2. The molecule has 4 rings (SSSR count). The van der Waals surface area contributed by atoms with Gasteiger partial charge in [-0.15, -0.1) is 0 Å². The fourth-order valence-corrected chi connectivity index (χ4v) is 3.55. The number of carbonyl (C=O) groups excluding carboxylic acids is 4. The molecular formula is C24H21N3O6. The van der Waals surface area contributed by atoms with Crippen LogP contribution in [0.25, 0.3) is 0 Å². The number of benzene rings is 2. The zero-order valence-electron chi connectivity index (χ0n) is 18.2. The summed E-state index contributed by atoms with van der Waals surface area (Å²) in [5, 5.41) is 6.21. The number of carbonyl (C=O) groups is 4. The number of anilines is 2. The van der Waals surface area contributed by atoms with Gasteiger partial charge in [0.15, 0.2) is 11.9 Å². The number of para-hydroxylation sites is 1. The van der Waals surface area contributed by atoms with Gasteiger partial charge in [0.05, 0.1) is 22.4 Å². The predicted octanol–water partition coefficient (Wildman–Crippen LogP) is 3.67. The average Bonchev–Trinajstić information content (AvgIpc) is 3.32. The Morgan fingerprint density at radius 2 is 1.79 bits per heavy atom. The van der Waals surface area contributed by atoms with Crippen LogP contribution in [0.5, 0.6) is 0 Å². The smallest absolute Gasteiger partial charge is 0.338 e. The molecule has 0 fully saturated rings. The summed E-state index contributed by atoms with van der Waals surface area (Å²) in [5.74, 6) is -1.59. The standard InChI is InChI=1S/C24H21N3O6/c1-4-19(21(28)25-20-11-14(3)33-26-20)32-24(31)15-9-10-16-17(12-15)23(30)27(22(16)29)18-8-6-5-7-13(18)2/h5-12,19H,4H2,1-3H3,(H,25,26,28)/t19-/m0/s1. The van der Waals surface area contributed by atoms with Crippen molar-refractivity contribution in [3.8, 4) is 0 Å². The van der Waals surface area contributed by atoms with E-state index in [0.717, 1.165) is 10.5 Å². The molecule has 1 N–H and O–H groups in total. The zero-order valence-corrected chi connectivity index (χ0v) is 18.2. The molecule has 1 aliphatic heterocycles. The first-order chi connectivity index (χ1) is 15.8. The van der Waals surface area contributed by atoms with E-state index < -0.39 is 29.8 Å². The van der Waals surface area contributed by atoms with Crippen LogP contribution in [0.15, 0.2) is 53.1 Å². The van der Waals surface area contributed by atoms with Crippen LogP contribution in [0.4, 0.5) is 11.5 Å². The highest BCUT2D eigenvalue weighted by Gasteiger charge is 2.38. The van der Waals surface area contributed by atoms with E-state index in [9.17, 15) is 19.2 Å². The van der Waals surface area contributed by atoms with Crippen molar-refractivity contribution in [2.45, 2.75) is 33.3 Å². The molecule has 1 aliphatic rings. The minimum Gasteiger partial charge on any atom is -0.449 e. The van der Waals surface area contributed by atoms with E-state index in [1.165, 1.54) is 24.3 Å². The van der Waals surface area contributed by atoms with Crippen LogP contribution in [0.2, 0.25) is 0 Å². The van der Waals surface area contributed by atoms with Gasteiger partial charge in [-0.2, -0.15) is 0 Å². The Kier molecular flexibility index (Phi) is 5.78. The molecule has 0 unspecified atom stereocenters. The van der Waals surface area contributed by atoms with Gasteiger partial charge in [-0.3, -0.25) is 14.4 Å². The second kappa shape index (κ2) is 8.70. The molecule has 3 aromatic rings. The van der Waals surface area contributed by atoms with Gasteiger partial charge in [0.1, 0.15) is 5.76 Å². The van der Waals surface area contributed by atoms with Crippen LogP contribution >= 0.6 is 0 Å². The van der Waals surface area contributed by atoms with Crippen molar-refractivity contribution < 1.29 is 28.4 Å². The van der Waals surface area contributed by atoms with Crippen molar-refractivity contribution in [2.24, 2.45) is 0 Å². The second-order valence-electron chi connectivity index (χ2n) is 7.61. The molecule has 9 heteroatoms. The third kappa shape index (κ3) is 4.12. The van der Waals surface area contributed by atoms with Crippen molar-refractivity contribution in [1.82, 2.24) is 5.16 Å². The van der Waals surface area contributed by atoms with E-state index in [0.29, 0.717) is 11.4 Å². The first-order valence-corrected chi connectivity index (χ1v) is 10.3. The molecule has 3 amide bonds. The van der Waals surface area contributed by atoms with Gasteiger partial charge in [0.2, 0.25) is 0 Å². The molecule has 9 nitrogen and oxygen atoms in total. The molecule has 33 heavy (non-hydrogen) atoms. The van der Waals surface area contributed by atoms with Crippen LogP contribution in [-0.2, 0) is 9.53 Å². The molecular weight excluding hydrogens is 426 g/mol. The number of aryl methyl sites for hydroxylation is 2. The van der Waals surface area contributed by atoms with Gasteiger partial charge < -0.3 is 14.6 Å². The first kappa shape index (κ1) is 21.9. The highest BCUT2D eigenvalue weighted by atomic mass is 16.5. The molecule has 1 atom stereocenters. The maximum atomic E-state index is 13.0. The SMILES string of the molecule is CC[C@H](OC(=O)c1ccc2c(c1)C(=O)N(c1ccccc1C)C2=O)C(=O)Nc1cc(C)on1. The number of nitrogens with one attached hydrogen (secondary N) is 1. The predicted molar refractivity (Wildman–Crippen MR) is 118 cm³/mol. The van der Waals surface area contributed by atoms with Gasteiger partial charge in [-0.25, -0.2) is 9.69 Å². The van der Waals surface area contributed by atoms with Gasteiger partial charge in [-0.05, 0) is 50.1 Å². The minimum absolute atomic E-state index is 0.0602. The highest BCUT2D eigenvalue weighted by Crippen LogP contribution is 2.31. The molecule has 0 bridgehead atoms. The van der Waals surface area contributed by atoms with Crippen molar-refractivity contribution in [2.75, 3.05) is 10.2 Å². The van der Waals surface area contributed by atoms with E-state index in [1.807, 2.05) is 6.07 Å². The summed E-state index contributed by atoms with van der Waals surface area (Å²) in [5.41, 5.74) is 1.62. The summed E-state index contributed by atoms with van der Waals surface area (Å²) in [6.45, 7) is 5.18. The molecule has 2 aromatic carbocycles. The summed E-state index contributed by atoms with van der Waals surface area (Å²) < 4.78 is 10.3. The minimum atomic E-state index is -1.08. The topological polar surface area (TPSA) is 119 Å². The van der Waals surface area contributed by atoms with E-state index in [2.05, 4.69) is 10.5 Å². The van der Waals surface area contributed by atoms with E-state index >= 15 is 0 Å². The quantitative estimate of drug-likeness (QED) is 0.452. The average molecular weight is 447 g/mol. The Labute approximate surface area is 189 Å². The Bertz CT molecular complexity index is 1280. The largest absolute Gasteiger partial charge is 0.449 e. The zero-order chi connectivity index (χ0) is 23.7. The number of aromatic nitrogens is 1. The maximum Gasteiger partial charge on any atom is 0.338 e. The summed E-state index contributed by atoms with van der Waals surface area (Å²) in [6.07, 6.45) is -0.860. The lowest BCUT2D eigenvalue weighted by Crippen LogP contribution is -2.32. The Balaban J connectivity index is 1.53. The van der Waals surface area contributed by atoms with Gasteiger partial charge in [-0.1, -0.05) is 30.3 Å². The lowest BCUT2D eigenvalue weighted by molar-refractivity contribution is -0.124. The van der Waals surface area contributed by atoms with Crippen molar-refractivity contribution in [1.29, 1.82) is 0 Å². The van der Waals surface area contributed by atoms with Crippen molar-refractivity contribution in [3.63, 3.8) is 0 Å². The third-order valence-corrected chi connectivity index (χ3v) is 5.27. The van der Waals surface area contributed by atoms with E-state index in [-0.39, 0.29) is 28.9 Å². The second-order valence-corrected chi connectivity index (χ2v) is 7.61. The van der Waals surface area contributed by atoms with Crippen LogP contribution in [-0.4, -0.2) is 35.0 Å². The molecule has 0 saturated carbocycles. The maximum absolute atomic E-state index is 13.0. The number of fused-ring (bicyclic) bond motifs is 1. The Morgan fingerprint density at radius 3 is 2.45 bits per heavy atom. The monoisotopic (exact) mass is 447 g/mol. The number of ether oxygens (including phenoxy) is 1. The number of imide groups is 1. The molecule has 0 saturated heterocycles. The molecule has 0 aliphatic carbocycles. The third-order valence-electron chi connectivity index (χ3n) is 5.27. The van der Waals surface area contributed by atoms with Crippen LogP contribution in [0.3, 0.4) is 0 Å². The van der Waals surface area contributed by atoms with Crippen LogP contribution in [0.1, 0.15) is 55.7 Å². The lowest BCUT2D eigenvalue weighted by atomic mass is 10.1. The lowest BCUT2D eigenvalue weighted by Gasteiger charge is -2.16. The highest BCUT2D eigenvalue weighted by molar-refractivity contribution is 6.35. The molecule has 1 aromatic heterocycles. The van der Waals surface area contributed by atoms with E-state index in [4.69, 9.17) is 9.26 Å². The fourth-order valence-electron chi connectivity index (χ4n) is 3.55. The number of amides is 3. The number of esters is 1. The number of hydrogen-bond donors (Lipinski definition) is 1. The number of rotatable bonds is 6. The summed E-state index contributed by atoms with van der Waals surface area (Å²) in [4.78, 5) is 52.1. The van der Waals surface area contributed by atoms with Gasteiger partial charge in [0.25, 0.3) is 17.7 Å². The Morgan fingerprint density at radius 1 is 1.06 bits per heavy atom. The molecule has 0 spiro atoms. The van der Waals surface area contributed by atoms with E-state index in [1.54, 1.807) is 39.0 Å². The Hall–Kier alpha value is -4.27. The molecule has 168 valence electrons. The van der Waals surface area contributed by atoms with Crippen molar-refractivity contribution >= 4 is 35.2 Å². The first-order valence-electron chi connectivity index (χ1n) is 10.3. The summed E-state index contributed by atoms with van der Waals surface area (Å²) in [7, 11) is 0. The number of hydrogen-bond acceptors (Lipinski definition) is 7. The molecule has 2 heterocycles. The van der Waals surface area contributed by atoms with Crippen molar-refractivity contribution in [3.05, 3.63) is 76.5 Å². The summed E-state index contributed by atoms with van der Waals surface area (Å²) in [6, 6.07) is 12.7. The fraction of sp³-hybridized carbons (Fsp3) is 0.208. The van der Waals surface area contributed by atoms with Gasteiger partial charge >= 0.3 is 5.97 Å². The van der Waals surface area contributed by atoms with Crippen LogP contribution < -0.4 is 10.2 Å². The summed E-state index contributed by atoms with van der Waals surface area (Å²) >= 11 is 0. The molecule has 0 radical (unpaired) electrons. The van der Waals surface area contributed by atoms with Crippen LogP contribution in [0, 0.1) is 13.8 Å². The normalized spacial score (nSPS) is 13.6. The van der Waals surface area contributed by atoms with Gasteiger partial charge in [0, 0.05) is 6.07 Å².